The van der Waals surface area contributed by atoms with Gasteiger partial charge in [0.1, 0.15) is 11.6 Å². The lowest BCUT2D eigenvalue weighted by Crippen LogP contribution is -2.46. The number of para-hydroxylation sites is 1. The molecule has 0 bridgehead atoms. The van der Waals surface area contributed by atoms with Crippen molar-refractivity contribution in [3.05, 3.63) is 35.4 Å². The molecular formula is C17H22N4O3S. The van der Waals surface area contributed by atoms with Crippen LogP contribution in [0.2, 0.25) is 0 Å². The zero-order valence-corrected chi connectivity index (χ0v) is 15.1. The average molecular weight is 362 g/mol. The summed E-state index contributed by atoms with van der Waals surface area (Å²) in [4.78, 5) is 1.67. The van der Waals surface area contributed by atoms with Crippen molar-refractivity contribution in [1.29, 1.82) is 5.26 Å². The van der Waals surface area contributed by atoms with Crippen LogP contribution in [-0.4, -0.2) is 56.5 Å². The Kier molecular flexibility index (Phi) is 4.73. The topological polar surface area (TPSA) is 96.7 Å². The Morgan fingerprint density at radius 3 is 2.52 bits per heavy atom. The molecule has 2 aliphatic heterocycles. The van der Waals surface area contributed by atoms with Crippen LogP contribution in [0.25, 0.3) is 5.70 Å². The van der Waals surface area contributed by atoms with E-state index in [-0.39, 0.29) is 11.6 Å². The maximum Gasteiger partial charge on any atom is 0.211 e. The summed E-state index contributed by atoms with van der Waals surface area (Å²) in [6.07, 6.45) is 1.53. The van der Waals surface area contributed by atoms with Crippen molar-refractivity contribution in [3.63, 3.8) is 0 Å². The predicted octanol–water partition coefficient (Wildman–Crippen LogP) is 0.703. The third-order valence-electron chi connectivity index (χ3n) is 4.84. The van der Waals surface area contributed by atoms with Crippen molar-refractivity contribution >= 4 is 21.4 Å². The molecular weight excluding hydrogens is 340 g/mol. The molecule has 1 fully saturated rings. The van der Waals surface area contributed by atoms with Gasteiger partial charge in [0.15, 0.2) is 6.23 Å². The number of nitrogens with zero attached hydrogens (tertiary/aromatic N) is 3. The third kappa shape index (κ3) is 3.35. The normalized spacial score (nSPS) is 22.5. The van der Waals surface area contributed by atoms with Crippen molar-refractivity contribution in [1.82, 2.24) is 9.62 Å². The van der Waals surface area contributed by atoms with E-state index in [2.05, 4.69) is 11.4 Å². The van der Waals surface area contributed by atoms with Crippen LogP contribution in [0.1, 0.15) is 18.4 Å². The van der Waals surface area contributed by atoms with E-state index in [0.29, 0.717) is 31.6 Å². The summed E-state index contributed by atoms with van der Waals surface area (Å²) < 4.78 is 24.8. The lowest BCUT2D eigenvalue weighted by Gasteiger charge is -2.37. The van der Waals surface area contributed by atoms with Gasteiger partial charge in [-0.15, -0.1) is 0 Å². The summed E-state index contributed by atoms with van der Waals surface area (Å²) in [5.41, 5.74) is 2.65. The van der Waals surface area contributed by atoms with Crippen LogP contribution in [0.5, 0.6) is 0 Å². The van der Waals surface area contributed by atoms with Crippen LogP contribution >= 0.6 is 0 Å². The van der Waals surface area contributed by atoms with Gasteiger partial charge in [0.05, 0.1) is 12.0 Å². The first-order chi connectivity index (χ1) is 11.8. The Bertz CT molecular complexity index is 836. The minimum Gasteiger partial charge on any atom is -0.381 e. The second-order valence-electron chi connectivity index (χ2n) is 6.48. The molecule has 2 aliphatic rings. The highest BCUT2D eigenvalue weighted by Crippen LogP contribution is 2.35. The minimum absolute atomic E-state index is 0.0556. The van der Waals surface area contributed by atoms with Gasteiger partial charge >= 0.3 is 0 Å². The summed E-state index contributed by atoms with van der Waals surface area (Å²) in [5, 5.41) is 23.4. The molecule has 1 saturated heterocycles. The first kappa shape index (κ1) is 17.7. The Balaban J connectivity index is 1.86. The first-order valence-corrected chi connectivity index (χ1v) is 10.0. The van der Waals surface area contributed by atoms with Crippen LogP contribution in [0.4, 0.5) is 5.69 Å². The van der Waals surface area contributed by atoms with E-state index < -0.39 is 16.3 Å². The van der Waals surface area contributed by atoms with Gasteiger partial charge < -0.3 is 15.3 Å². The summed E-state index contributed by atoms with van der Waals surface area (Å²) in [6.45, 7) is 0.908. The molecule has 2 N–H and O–H groups in total. The molecule has 134 valence electrons. The SMILES string of the molecule is CN1c2ccccc2C(NC2CCN(S(C)(=O)=O)CC2)=C(C#N)C1O. The molecule has 0 aromatic heterocycles. The highest BCUT2D eigenvalue weighted by atomic mass is 32.2. The molecule has 1 aromatic carbocycles. The molecule has 0 aliphatic carbocycles. The fraction of sp³-hybridized carbons (Fsp3) is 0.471. The zero-order valence-electron chi connectivity index (χ0n) is 14.3. The number of hydrogen-bond donors (Lipinski definition) is 2. The second kappa shape index (κ2) is 6.67. The van der Waals surface area contributed by atoms with Gasteiger partial charge in [-0.3, -0.25) is 0 Å². The quantitative estimate of drug-likeness (QED) is 0.822. The van der Waals surface area contributed by atoms with Gasteiger partial charge in [0.2, 0.25) is 10.0 Å². The molecule has 3 rings (SSSR count). The maximum atomic E-state index is 11.6. The number of anilines is 1. The largest absolute Gasteiger partial charge is 0.381 e. The second-order valence-corrected chi connectivity index (χ2v) is 8.47. The number of hydrogen-bond acceptors (Lipinski definition) is 6. The Morgan fingerprint density at radius 2 is 1.92 bits per heavy atom. The van der Waals surface area contributed by atoms with E-state index in [4.69, 9.17) is 0 Å². The smallest absolute Gasteiger partial charge is 0.211 e. The van der Waals surface area contributed by atoms with E-state index in [0.717, 1.165) is 11.3 Å². The highest BCUT2D eigenvalue weighted by molar-refractivity contribution is 7.88. The molecule has 0 amide bonds. The lowest BCUT2D eigenvalue weighted by molar-refractivity contribution is 0.213. The van der Waals surface area contributed by atoms with Crippen LogP contribution in [0.3, 0.4) is 0 Å². The van der Waals surface area contributed by atoms with Gasteiger partial charge in [-0.1, -0.05) is 18.2 Å². The van der Waals surface area contributed by atoms with Crippen LogP contribution in [-0.2, 0) is 10.0 Å². The van der Waals surface area contributed by atoms with Gasteiger partial charge in [-0.25, -0.2) is 12.7 Å². The Morgan fingerprint density at radius 1 is 1.28 bits per heavy atom. The van der Waals surface area contributed by atoms with E-state index in [1.807, 2.05) is 24.3 Å². The van der Waals surface area contributed by atoms with E-state index >= 15 is 0 Å². The van der Waals surface area contributed by atoms with Crippen LogP contribution in [0, 0.1) is 11.3 Å². The number of likely N-dealkylation sites (N-methyl/N-ethyl adjacent to an activating group) is 1. The molecule has 7 nitrogen and oxygen atoms in total. The number of nitrogens with one attached hydrogen (secondary N) is 1. The van der Waals surface area contributed by atoms with Crippen LogP contribution < -0.4 is 10.2 Å². The van der Waals surface area contributed by atoms with Crippen molar-refractivity contribution < 1.29 is 13.5 Å². The summed E-state index contributed by atoms with van der Waals surface area (Å²) in [6, 6.07) is 9.78. The lowest BCUT2D eigenvalue weighted by atomic mass is 9.96. The number of aliphatic hydroxyl groups excluding tert-OH is 1. The number of piperidine rings is 1. The molecule has 2 heterocycles. The summed E-state index contributed by atoms with van der Waals surface area (Å²) in [5.74, 6) is 0. The molecule has 0 radical (unpaired) electrons. The average Bonchev–Trinajstić information content (AvgIpc) is 2.59. The van der Waals surface area contributed by atoms with Crippen LogP contribution in [0.15, 0.2) is 29.8 Å². The molecule has 1 atom stereocenters. The molecule has 0 spiro atoms. The molecule has 1 aromatic rings. The molecule has 25 heavy (non-hydrogen) atoms. The van der Waals surface area contributed by atoms with Crippen molar-refractivity contribution in [2.45, 2.75) is 25.1 Å². The fourth-order valence-electron chi connectivity index (χ4n) is 3.40. The number of rotatable bonds is 3. The fourth-order valence-corrected chi connectivity index (χ4v) is 4.27. The predicted molar refractivity (Wildman–Crippen MR) is 96.0 cm³/mol. The molecule has 1 unspecified atom stereocenters. The number of fused-ring (bicyclic) bond motifs is 1. The first-order valence-electron chi connectivity index (χ1n) is 8.19. The van der Waals surface area contributed by atoms with Gasteiger partial charge in [-0.2, -0.15) is 5.26 Å². The van der Waals surface area contributed by atoms with E-state index in [1.165, 1.54) is 10.6 Å². The standard InChI is InChI=1S/C17H22N4O3S/c1-20-15-6-4-3-5-13(15)16(14(11-18)17(20)22)19-12-7-9-21(10-8-12)25(2,23)24/h3-6,12,17,19,22H,7-10H2,1-2H3. The van der Waals surface area contributed by atoms with Gasteiger partial charge in [0.25, 0.3) is 0 Å². The van der Waals surface area contributed by atoms with Gasteiger partial charge in [0, 0.05) is 37.4 Å². The monoisotopic (exact) mass is 362 g/mol. The third-order valence-corrected chi connectivity index (χ3v) is 6.14. The number of nitriles is 1. The summed E-state index contributed by atoms with van der Waals surface area (Å²) >= 11 is 0. The zero-order chi connectivity index (χ0) is 18.2. The van der Waals surface area contributed by atoms with Gasteiger partial charge in [-0.05, 0) is 18.9 Å². The Hall–Kier alpha value is -2.08. The molecule has 0 saturated carbocycles. The maximum absolute atomic E-state index is 11.6. The minimum atomic E-state index is -3.17. The number of aliphatic hydroxyl groups is 1. The Labute approximate surface area is 148 Å². The van der Waals surface area contributed by atoms with Crippen molar-refractivity contribution in [2.75, 3.05) is 31.3 Å². The number of benzene rings is 1. The van der Waals surface area contributed by atoms with Crippen molar-refractivity contribution in [2.24, 2.45) is 0 Å². The van der Waals surface area contributed by atoms with E-state index in [1.54, 1.807) is 11.9 Å². The summed E-state index contributed by atoms with van der Waals surface area (Å²) in [7, 11) is -1.42. The molecule has 8 heteroatoms. The number of sulfonamides is 1. The van der Waals surface area contributed by atoms with Crippen molar-refractivity contribution in [3.8, 4) is 6.07 Å². The van der Waals surface area contributed by atoms with E-state index in [9.17, 15) is 18.8 Å². The highest BCUT2D eigenvalue weighted by Gasteiger charge is 2.32.